The normalized spacial score (nSPS) is 28.8. The number of ether oxygens (including phenoxy) is 4. The number of aromatic hydroxyl groups is 1. The summed E-state index contributed by atoms with van der Waals surface area (Å²) in [7, 11) is 3.19. The maximum absolute atomic E-state index is 10.6. The fraction of sp³-hybridized carbons (Fsp3) is 0.545. The van der Waals surface area contributed by atoms with Crippen LogP contribution in [0.15, 0.2) is 35.6 Å². The summed E-state index contributed by atoms with van der Waals surface area (Å²) < 4.78 is 23.2. The van der Waals surface area contributed by atoms with Crippen molar-refractivity contribution in [3.05, 3.63) is 41.2 Å². The van der Waals surface area contributed by atoms with E-state index in [9.17, 15) is 5.11 Å². The Bertz CT molecular complexity index is 792. The number of hydrogen-bond donors (Lipinski definition) is 1. The van der Waals surface area contributed by atoms with Gasteiger partial charge in [0.15, 0.2) is 0 Å². The van der Waals surface area contributed by atoms with Crippen LogP contribution in [0.1, 0.15) is 44.6 Å². The van der Waals surface area contributed by atoms with Gasteiger partial charge in [0.1, 0.15) is 28.6 Å². The molecular formula is C22H28O5. The first-order chi connectivity index (χ1) is 12.9. The molecule has 2 heterocycles. The van der Waals surface area contributed by atoms with Crippen molar-refractivity contribution in [1.29, 1.82) is 0 Å². The van der Waals surface area contributed by atoms with Crippen molar-refractivity contribution < 1.29 is 24.1 Å². The lowest BCUT2D eigenvalue weighted by molar-refractivity contribution is -0.0715. The molecule has 5 heteroatoms. The highest BCUT2D eigenvalue weighted by Gasteiger charge is 2.42. The molecule has 1 aromatic rings. The van der Waals surface area contributed by atoms with Crippen LogP contribution in [-0.2, 0) is 9.47 Å². The zero-order valence-corrected chi connectivity index (χ0v) is 16.5. The van der Waals surface area contributed by atoms with Crippen LogP contribution in [0.4, 0.5) is 0 Å². The molecule has 0 radical (unpaired) electrons. The van der Waals surface area contributed by atoms with Crippen LogP contribution in [0.3, 0.4) is 0 Å². The van der Waals surface area contributed by atoms with Crippen molar-refractivity contribution in [1.82, 2.24) is 0 Å². The SMILES string of the molecule is COc1cc(O)c(C2COC3C(=CC=C4OC(C)(C)CCC43)C2)c(OC)c1. The molecule has 0 bridgehead atoms. The van der Waals surface area contributed by atoms with Gasteiger partial charge in [0.05, 0.1) is 26.9 Å². The van der Waals surface area contributed by atoms with Gasteiger partial charge in [-0.15, -0.1) is 0 Å². The molecule has 2 fully saturated rings. The number of methoxy groups -OCH3 is 2. The summed E-state index contributed by atoms with van der Waals surface area (Å²) >= 11 is 0. The fourth-order valence-corrected chi connectivity index (χ4v) is 4.53. The van der Waals surface area contributed by atoms with E-state index in [-0.39, 0.29) is 23.4 Å². The Kier molecular flexibility index (Phi) is 4.58. The predicted molar refractivity (Wildman–Crippen MR) is 102 cm³/mol. The minimum absolute atomic E-state index is 0.0456. The minimum Gasteiger partial charge on any atom is -0.507 e. The molecule has 2 aliphatic heterocycles. The van der Waals surface area contributed by atoms with E-state index in [1.165, 1.54) is 5.57 Å². The van der Waals surface area contributed by atoms with Gasteiger partial charge < -0.3 is 24.1 Å². The second-order valence-corrected chi connectivity index (χ2v) is 8.23. The Balaban J connectivity index is 1.61. The van der Waals surface area contributed by atoms with Gasteiger partial charge >= 0.3 is 0 Å². The summed E-state index contributed by atoms with van der Waals surface area (Å²) in [6.07, 6.45) is 7.25. The molecule has 1 aliphatic carbocycles. The number of phenolic OH excluding ortho intramolecular Hbond substituents is 1. The van der Waals surface area contributed by atoms with Crippen LogP contribution in [0, 0.1) is 5.92 Å². The highest BCUT2D eigenvalue weighted by molar-refractivity contribution is 5.52. The van der Waals surface area contributed by atoms with Crippen molar-refractivity contribution in [3.63, 3.8) is 0 Å². The minimum atomic E-state index is -0.104. The van der Waals surface area contributed by atoms with Crippen LogP contribution in [0.5, 0.6) is 17.2 Å². The fourth-order valence-electron chi connectivity index (χ4n) is 4.53. The quantitative estimate of drug-likeness (QED) is 0.857. The second-order valence-electron chi connectivity index (χ2n) is 8.23. The van der Waals surface area contributed by atoms with Crippen LogP contribution in [-0.4, -0.2) is 37.6 Å². The molecule has 27 heavy (non-hydrogen) atoms. The lowest BCUT2D eigenvalue weighted by Gasteiger charge is -2.45. The second kappa shape index (κ2) is 6.79. The van der Waals surface area contributed by atoms with E-state index in [4.69, 9.17) is 18.9 Å². The Labute approximate surface area is 160 Å². The van der Waals surface area contributed by atoms with Crippen LogP contribution in [0.2, 0.25) is 0 Å². The van der Waals surface area contributed by atoms with Gasteiger partial charge in [0.25, 0.3) is 0 Å². The lowest BCUT2D eigenvalue weighted by Crippen LogP contribution is -2.42. The molecule has 3 atom stereocenters. The maximum Gasteiger partial charge on any atom is 0.129 e. The van der Waals surface area contributed by atoms with E-state index in [1.807, 2.05) is 6.07 Å². The van der Waals surface area contributed by atoms with Crippen molar-refractivity contribution in [2.45, 2.75) is 50.7 Å². The predicted octanol–water partition coefficient (Wildman–Crippen LogP) is 4.31. The van der Waals surface area contributed by atoms with Gasteiger partial charge in [-0.05, 0) is 44.8 Å². The summed E-state index contributed by atoms with van der Waals surface area (Å²) in [5.74, 6) is 2.79. The largest absolute Gasteiger partial charge is 0.507 e. The van der Waals surface area contributed by atoms with Crippen molar-refractivity contribution in [2.24, 2.45) is 5.92 Å². The molecule has 4 rings (SSSR count). The van der Waals surface area contributed by atoms with Gasteiger partial charge in [-0.25, -0.2) is 0 Å². The molecule has 1 aromatic carbocycles. The molecule has 1 N–H and O–H groups in total. The van der Waals surface area contributed by atoms with Crippen LogP contribution in [0.25, 0.3) is 0 Å². The summed E-state index contributed by atoms with van der Waals surface area (Å²) in [6, 6.07) is 3.44. The average Bonchev–Trinajstić information content (AvgIpc) is 2.65. The highest BCUT2D eigenvalue weighted by atomic mass is 16.5. The summed E-state index contributed by atoms with van der Waals surface area (Å²) in [6.45, 7) is 4.82. The van der Waals surface area contributed by atoms with Gasteiger partial charge in [-0.3, -0.25) is 0 Å². The maximum atomic E-state index is 10.6. The smallest absolute Gasteiger partial charge is 0.129 e. The lowest BCUT2D eigenvalue weighted by atomic mass is 9.76. The Hall–Kier alpha value is -2.14. The summed E-state index contributed by atoms with van der Waals surface area (Å²) in [4.78, 5) is 0. The van der Waals surface area contributed by atoms with Gasteiger partial charge in [0.2, 0.25) is 0 Å². The van der Waals surface area contributed by atoms with E-state index < -0.39 is 0 Å². The van der Waals surface area contributed by atoms with Crippen molar-refractivity contribution in [2.75, 3.05) is 20.8 Å². The van der Waals surface area contributed by atoms with E-state index >= 15 is 0 Å². The molecule has 0 saturated carbocycles. The van der Waals surface area contributed by atoms with Crippen molar-refractivity contribution in [3.8, 4) is 17.2 Å². The summed E-state index contributed by atoms with van der Waals surface area (Å²) in [5, 5.41) is 10.6. The van der Waals surface area contributed by atoms with Gasteiger partial charge in [-0.1, -0.05) is 6.08 Å². The monoisotopic (exact) mass is 372 g/mol. The zero-order valence-electron chi connectivity index (χ0n) is 16.5. The van der Waals surface area contributed by atoms with Crippen LogP contribution < -0.4 is 9.47 Å². The molecular weight excluding hydrogens is 344 g/mol. The summed E-state index contributed by atoms with van der Waals surface area (Å²) in [5.41, 5.74) is 1.95. The number of benzene rings is 1. The average molecular weight is 372 g/mol. The van der Waals surface area contributed by atoms with E-state index in [0.717, 1.165) is 30.6 Å². The molecule has 0 aromatic heterocycles. The molecule has 146 valence electrons. The van der Waals surface area contributed by atoms with E-state index in [0.29, 0.717) is 24.0 Å². The third kappa shape index (κ3) is 3.29. The van der Waals surface area contributed by atoms with Crippen LogP contribution >= 0.6 is 0 Å². The number of allylic oxidation sites excluding steroid dienone is 2. The first kappa shape index (κ1) is 18.2. The van der Waals surface area contributed by atoms with E-state index in [2.05, 4.69) is 26.0 Å². The first-order valence-electron chi connectivity index (χ1n) is 9.58. The topological polar surface area (TPSA) is 57.2 Å². The van der Waals surface area contributed by atoms with Gasteiger partial charge in [0, 0.05) is 29.5 Å². The molecule has 2 saturated heterocycles. The molecule has 0 amide bonds. The number of hydrogen-bond acceptors (Lipinski definition) is 5. The Morgan fingerprint density at radius 1 is 1.15 bits per heavy atom. The van der Waals surface area contributed by atoms with Gasteiger partial charge in [-0.2, -0.15) is 0 Å². The van der Waals surface area contributed by atoms with E-state index in [1.54, 1.807) is 20.3 Å². The molecule has 0 spiro atoms. The molecule has 3 unspecified atom stereocenters. The standard InChI is InChI=1S/C22H28O5/c1-22(2)8-7-16-18(27-22)6-5-13-9-14(12-26-21(13)16)20-17(23)10-15(24-3)11-19(20)25-4/h5-6,10-11,14,16,21,23H,7-9,12H2,1-4H3. The first-order valence-corrected chi connectivity index (χ1v) is 9.58. The highest BCUT2D eigenvalue weighted by Crippen LogP contribution is 2.48. The van der Waals surface area contributed by atoms with Crippen molar-refractivity contribution >= 4 is 0 Å². The third-order valence-corrected chi connectivity index (χ3v) is 5.93. The third-order valence-electron chi connectivity index (χ3n) is 5.93. The Morgan fingerprint density at radius 2 is 1.96 bits per heavy atom. The zero-order chi connectivity index (χ0) is 19.2. The molecule has 5 nitrogen and oxygen atoms in total. The number of rotatable bonds is 3. The Morgan fingerprint density at radius 3 is 2.70 bits per heavy atom. The number of phenols is 1. The number of fused-ring (bicyclic) bond motifs is 3. The molecule has 3 aliphatic rings.